The minimum Gasteiger partial charge on any atom is -0.444 e. The zero-order chi connectivity index (χ0) is 21.2. The topological polar surface area (TPSA) is 92.0 Å². The number of likely N-dealkylation sites (N-methyl/N-ethyl adjacent to an activating group) is 1. The van der Waals surface area contributed by atoms with Crippen LogP contribution in [0.5, 0.6) is 0 Å². The predicted octanol–water partition coefficient (Wildman–Crippen LogP) is 3.50. The number of nitrogens with one attached hydrogen (secondary N) is 2. The molecule has 1 amide bonds. The normalized spacial score (nSPS) is 12.2. The van der Waals surface area contributed by atoms with Gasteiger partial charge in [0.15, 0.2) is 11.7 Å². The van der Waals surface area contributed by atoms with Gasteiger partial charge in [-0.05, 0) is 40.5 Å². The average Bonchev–Trinajstić information content (AvgIpc) is 3.09. The molecular formula is C20H37N5O3. The number of hydrogen-bond acceptors (Lipinski definition) is 5. The van der Waals surface area contributed by atoms with E-state index < -0.39 is 5.60 Å². The van der Waals surface area contributed by atoms with Gasteiger partial charge in [-0.3, -0.25) is 4.99 Å². The summed E-state index contributed by atoms with van der Waals surface area (Å²) in [5.74, 6) is 1.84. The summed E-state index contributed by atoms with van der Waals surface area (Å²) in [7, 11) is 1.71. The number of nitrogens with zero attached hydrogens (tertiary/aromatic N) is 3. The van der Waals surface area contributed by atoms with Gasteiger partial charge in [0.1, 0.15) is 5.60 Å². The third-order valence-electron chi connectivity index (χ3n) is 4.34. The molecule has 0 bridgehead atoms. The molecule has 0 saturated heterocycles. The van der Waals surface area contributed by atoms with E-state index in [2.05, 4.69) is 34.6 Å². The number of aliphatic imine (C=N–C) groups is 1. The number of rotatable bonds is 9. The molecule has 1 aromatic heterocycles. The smallest absolute Gasteiger partial charge is 0.410 e. The lowest BCUT2D eigenvalue weighted by Crippen LogP contribution is -2.44. The van der Waals surface area contributed by atoms with Crippen LogP contribution < -0.4 is 10.6 Å². The van der Waals surface area contributed by atoms with Crippen LogP contribution in [0.1, 0.15) is 71.8 Å². The fraction of sp³-hybridized carbons (Fsp3) is 0.750. The van der Waals surface area contributed by atoms with Crippen LogP contribution in [0.25, 0.3) is 0 Å². The summed E-state index contributed by atoms with van der Waals surface area (Å²) in [5.41, 5.74) is 0.501. The number of aromatic nitrogens is 1. The Morgan fingerprint density at radius 1 is 1.29 bits per heavy atom. The minimum atomic E-state index is -0.500. The summed E-state index contributed by atoms with van der Waals surface area (Å²) in [6.45, 7) is 14.0. The molecule has 160 valence electrons. The lowest BCUT2D eigenvalue weighted by Gasteiger charge is -2.26. The van der Waals surface area contributed by atoms with E-state index in [1.165, 1.54) is 0 Å². The standard InChI is InChI=1S/C20H37N5O3/c1-8-15(9-2)17-13-16(28-24-17)14-23-18(21-7)22-11-12-25(10-3)19(26)27-20(4,5)6/h13,15H,8-12,14H2,1-7H3,(H2,21,22,23). The molecular weight excluding hydrogens is 358 g/mol. The van der Waals surface area contributed by atoms with Gasteiger partial charge >= 0.3 is 6.09 Å². The largest absolute Gasteiger partial charge is 0.444 e. The van der Waals surface area contributed by atoms with Crippen molar-refractivity contribution in [1.82, 2.24) is 20.7 Å². The fourth-order valence-corrected chi connectivity index (χ4v) is 2.72. The number of carbonyl (C=O) groups is 1. The fourth-order valence-electron chi connectivity index (χ4n) is 2.72. The van der Waals surface area contributed by atoms with Crippen LogP contribution in [-0.4, -0.2) is 54.4 Å². The van der Waals surface area contributed by atoms with Gasteiger partial charge in [-0.2, -0.15) is 0 Å². The number of hydrogen-bond donors (Lipinski definition) is 2. The highest BCUT2D eigenvalue weighted by molar-refractivity contribution is 5.79. The predicted molar refractivity (Wildman–Crippen MR) is 112 cm³/mol. The monoisotopic (exact) mass is 395 g/mol. The molecule has 0 atom stereocenters. The second kappa shape index (κ2) is 11.6. The van der Waals surface area contributed by atoms with E-state index in [0.29, 0.717) is 38.1 Å². The van der Waals surface area contributed by atoms with Crippen molar-refractivity contribution in [3.63, 3.8) is 0 Å². The van der Waals surface area contributed by atoms with Gasteiger partial charge in [0.25, 0.3) is 0 Å². The summed E-state index contributed by atoms with van der Waals surface area (Å²) >= 11 is 0. The molecule has 0 aliphatic rings. The molecule has 2 N–H and O–H groups in total. The van der Waals surface area contributed by atoms with Crippen molar-refractivity contribution in [3.8, 4) is 0 Å². The Kier molecular flexibility index (Phi) is 9.82. The van der Waals surface area contributed by atoms with E-state index in [0.717, 1.165) is 24.3 Å². The Balaban J connectivity index is 2.45. The van der Waals surface area contributed by atoms with Gasteiger partial charge in [0.2, 0.25) is 0 Å². The van der Waals surface area contributed by atoms with Crippen LogP contribution in [0.4, 0.5) is 4.79 Å². The van der Waals surface area contributed by atoms with Crippen LogP contribution in [0.15, 0.2) is 15.6 Å². The third-order valence-corrected chi connectivity index (χ3v) is 4.34. The Labute approximate surface area is 169 Å². The molecule has 8 heteroatoms. The SMILES string of the molecule is CCC(CC)c1cc(CNC(=NC)NCCN(CC)C(=O)OC(C)(C)C)on1. The number of amides is 1. The first-order chi connectivity index (χ1) is 13.2. The van der Waals surface area contributed by atoms with E-state index >= 15 is 0 Å². The summed E-state index contributed by atoms with van der Waals surface area (Å²) < 4.78 is 10.8. The summed E-state index contributed by atoms with van der Waals surface area (Å²) in [4.78, 5) is 18.0. The Hall–Kier alpha value is -2.25. The van der Waals surface area contributed by atoms with Crippen molar-refractivity contribution in [2.24, 2.45) is 4.99 Å². The highest BCUT2D eigenvalue weighted by atomic mass is 16.6. The van der Waals surface area contributed by atoms with Gasteiger partial charge in [-0.1, -0.05) is 19.0 Å². The van der Waals surface area contributed by atoms with Crippen molar-refractivity contribution >= 4 is 12.1 Å². The van der Waals surface area contributed by atoms with Gasteiger partial charge < -0.3 is 24.8 Å². The zero-order valence-corrected chi connectivity index (χ0v) is 18.5. The van der Waals surface area contributed by atoms with Crippen LogP contribution >= 0.6 is 0 Å². The van der Waals surface area contributed by atoms with Gasteiger partial charge in [0, 0.05) is 38.7 Å². The summed E-state index contributed by atoms with van der Waals surface area (Å²) in [6, 6.07) is 2.00. The second-order valence-corrected chi connectivity index (χ2v) is 7.64. The van der Waals surface area contributed by atoms with Gasteiger partial charge in [-0.15, -0.1) is 0 Å². The molecule has 1 heterocycles. The maximum atomic E-state index is 12.2. The van der Waals surface area contributed by atoms with Crippen molar-refractivity contribution < 1.29 is 14.1 Å². The maximum absolute atomic E-state index is 12.2. The van der Waals surface area contributed by atoms with E-state index in [9.17, 15) is 4.79 Å². The molecule has 1 aromatic rings. The number of guanidine groups is 1. The number of ether oxygens (including phenoxy) is 1. The first-order valence-corrected chi connectivity index (χ1v) is 10.1. The van der Waals surface area contributed by atoms with E-state index in [1.807, 2.05) is 33.8 Å². The lowest BCUT2D eigenvalue weighted by atomic mass is 9.99. The zero-order valence-electron chi connectivity index (χ0n) is 18.5. The van der Waals surface area contributed by atoms with Crippen molar-refractivity contribution in [1.29, 1.82) is 0 Å². The Morgan fingerprint density at radius 2 is 1.96 bits per heavy atom. The first-order valence-electron chi connectivity index (χ1n) is 10.1. The van der Waals surface area contributed by atoms with Crippen LogP contribution in [0.3, 0.4) is 0 Å². The van der Waals surface area contributed by atoms with Gasteiger partial charge in [0.05, 0.1) is 12.2 Å². The molecule has 0 aliphatic carbocycles. The molecule has 8 nitrogen and oxygen atoms in total. The molecule has 0 aliphatic heterocycles. The van der Waals surface area contributed by atoms with Crippen LogP contribution in [0.2, 0.25) is 0 Å². The highest BCUT2D eigenvalue weighted by Gasteiger charge is 2.20. The van der Waals surface area contributed by atoms with Crippen LogP contribution in [0, 0.1) is 0 Å². The van der Waals surface area contributed by atoms with Crippen molar-refractivity contribution in [2.75, 3.05) is 26.7 Å². The highest BCUT2D eigenvalue weighted by Crippen LogP contribution is 2.22. The Bertz CT molecular complexity index is 618. The van der Waals surface area contributed by atoms with E-state index in [4.69, 9.17) is 9.26 Å². The molecule has 0 fully saturated rings. The summed E-state index contributed by atoms with van der Waals surface area (Å²) in [5, 5.41) is 10.6. The maximum Gasteiger partial charge on any atom is 0.410 e. The lowest BCUT2D eigenvalue weighted by molar-refractivity contribution is 0.0264. The molecule has 28 heavy (non-hydrogen) atoms. The molecule has 0 spiro atoms. The van der Waals surface area contributed by atoms with E-state index in [1.54, 1.807) is 11.9 Å². The minimum absolute atomic E-state index is 0.310. The third kappa shape index (κ3) is 8.19. The van der Waals surface area contributed by atoms with Gasteiger partial charge in [-0.25, -0.2) is 4.79 Å². The Morgan fingerprint density at radius 3 is 2.50 bits per heavy atom. The summed E-state index contributed by atoms with van der Waals surface area (Å²) in [6.07, 6.45) is 1.78. The average molecular weight is 396 g/mol. The van der Waals surface area contributed by atoms with E-state index in [-0.39, 0.29) is 6.09 Å². The van der Waals surface area contributed by atoms with Crippen molar-refractivity contribution in [2.45, 2.75) is 72.4 Å². The molecule has 1 rings (SSSR count). The second-order valence-electron chi connectivity index (χ2n) is 7.64. The quantitative estimate of drug-likeness (QED) is 0.491. The first kappa shape index (κ1) is 23.8. The van der Waals surface area contributed by atoms with Crippen molar-refractivity contribution in [3.05, 3.63) is 17.5 Å². The van der Waals surface area contributed by atoms with Crippen LogP contribution in [-0.2, 0) is 11.3 Å². The molecule has 0 aromatic carbocycles. The molecule has 0 radical (unpaired) electrons. The molecule has 0 saturated carbocycles. The number of carbonyl (C=O) groups excluding carboxylic acids is 1. The molecule has 0 unspecified atom stereocenters.